The number of alkyl halides is 3. The van der Waals surface area contributed by atoms with E-state index in [4.69, 9.17) is 4.74 Å². The first-order valence-corrected chi connectivity index (χ1v) is 7.67. The molecule has 1 aromatic carbocycles. The average Bonchev–Trinajstić information content (AvgIpc) is 2.84. The number of benzene rings is 1. The zero-order valence-electron chi connectivity index (χ0n) is 13.1. The lowest BCUT2D eigenvalue weighted by Crippen LogP contribution is -2.36. The standard InChI is InChI=1S/C16H19F3N2O2/c1-10(2)21-9-13-12(15(21)22)7-11(8-14(13)16(17,18)19)20-3-5-23-6-4-20/h7-8,10H,3-6,9H2,1-2H3. The molecule has 0 atom stereocenters. The molecule has 1 aromatic rings. The SMILES string of the molecule is CC(C)N1Cc2c(cc(N3CCOCC3)cc2C(F)(F)F)C1=O. The van der Waals surface area contributed by atoms with Gasteiger partial charge in [-0.15, -0.1) is 0 Å². The number of halogens is 3. The lowest BCUT2D eigenvalue weighted by molar-refractivity contribution is -0.138. The van der Waals surface area contributed by atoms with E-state index in [2.05, 4.69) is 0 Å². The molecule has 2 aliphatic heterocycles. The van der Waals surface area contributed by atoms with Crippen LogP contribution in [0, 0.1) is 0 Å². The Hall–Kier alpha value is -1.76. The van der Waals surface area contributed by atoms with Crippen LogP contribution in [0.15, 0.2) is 12.1 Å². The van der Waals surface area contributed by atoms with Gasteiger partial charge in [0.2, 0.25) is 0 Å². The van der Waals surface area contributed by atoms with E-state index >= 15 is 0 Å². The molecule has 0 N–H and O–H groups in total. The van der Waals surface area contributed by atoms with E-state index in [1.165, 1.54) is 11.0 Å². The number of carbonyl (C=O) groups is 1. The third kappa shape index (κ3) is 2.89. The number of carbonyl (C=O) groups excluding carboxylic acids is 1. The molecule has 0 radical (unpaired) electrons. The van der Waals surface area contributed by atoms with Crippen LogP contribution in [0.25, 0.3) is 0 Å². The molecule has 0 unspecified atom stereocenters. The first-order chi connectivity index (χ1) is 10.8. The van der Waals surface area contributed by atoms with Gasteiger partial charge in [-0.2, -0.15) is 13.2 Å². The Kier molecular flexibility index (Phi) is 4.00. The van der Waals surface area contributed by atoms with Crippen molar-refractivity contribution in [3.05, 3.63) is 28.8 Å². The van der Waals surface area contributed by atoms with E-state index in [-0.39, 0.29) is 29.6 Å². The fourth-order valence-electron chi connectivity index (χ4n) is 3.09. The van der Waals surface area contributed by atoms with Gasteiger partial charge in [0.05, 0.1) is 18.8 Å². The van der Waals surface area contributed by atoms with Crippen molar-refractivity contribution in [2.24, 2.45) is 0 Å². The number of hydrogen-bond donors (Lipinski definition) is 0. The Bertz CT molecular complexity index is 622. The number of hydrogen-bond acceptors (Lipinski definition) is 3. The molecule has 126 valence electrons. The van der Waals surface area contributed by atoms with Gasteiger partial charge in [0, 0.05) is 36.9 Å². The van der Waals surface area contributed by atoms with Crippen molar-refractivity contribution in [1.82, 2.24) is 4.90 Å². The fourth-order valence-corrected chi connectivity index (χ4v) is 3.09. The summed E-state index contributed by atoms with van der Waals surface area (Å²) in [4.78, 5) is 15.8. The van der Waals surface area contributed by atoms with E-state index in [0.717, 1.165) is 0 Å². The number of fused-ring (bicyclic) bond motifs is 1. The third-order valence-corrected chi connectivity index (χ3v) is 4.36. The minimum absolute atomic E-state index is 0.0179. The highest BCUT2D eigenvalue weighted by Gasteiger charge is 2.41. The van der Waals surface area contributed by atoms with Crippen molar-refractivity contribution >= 4 is 11.6 Å². The van der Waals surface area contributed by atoms with Crippen molar-refractivity contribution < 1.29 is 22.7 Å². The smallest absolute Gasteiger partial charge is 0.378 e. The van der Waals surface area contributed by atoms with Crippen molar-refractivity contribution in [2.75, 3.05) is 31.2 Å². The lowest BCUT2D eigenvalue weighted by atomic mass is 10.0. The van der Waals surface area contributed by atoms with Crippen molar-refractivity contribution in [2.45, 2.75) is 32.6 Å². The van der Waals surface area contributed by atoms with Crippen LogP contribution >= 0.6 is 0 Å². The Morgan fingerprint density at radius 2 is 1.83 bits per heavy atom. The maximum atomic E-state index is 13.5. The minimum atomic E-state index is -4.47. The number of ether oxygens (including phenoxy) is 1. The maximum Gasteiger partial charge on any atom is 0.416 e. The maximum absolute atomic E-state index is 13.5. The van der Waals surface area contributed by atoms with E-state index in [1.54, 1.807) is 19.9 Å². The number of amides is 1. The second kappa shape index (κ2) is 5.70. The predicted octanol–water partition coefficient (Wildman–Crippen LogP) is 2.91. The summed E-state index contributed by atoms with van der Waals surface area (Å²) in [7, 11) is 0. The largest absolute Gasteiger partial charge is 0.416 e. The molecule has 4 nitrogen and oxygen atoms in total. The molecule has 1 fully saturated rings. The van der Waals surface area contributed by atoms with Crippen LogP contribution in [-0.2, 0) is 17.5 Å². The van der Waals surface area contributed by atoms with E-state index < -0.39 is 11.7 Å². The van der Waals surface area contributed by atoms with E-state index in [9.17, 15) is 18.0 Å². The number of rotatable bonds is 2. The molecule has 0 saturated carbocycles. The topological polar surface area (TPSA) is 32.8 Å². The summed E-state index contributed by atoms with van der Waals surface area (Å²) in [6, 6.07) is 2.63. The van der Waals surface area contributed by atoms with Gasteiger partial charge in [-0.1, -0.05) is 0 Å². The van der Waals surface area contributed by atoms with Crippen molar-refractivity contribution in [3.63, 3.8) is 0 Å². The molecule has 3 rings (SSSR count). The van der Waals surface area contributed by atoms with Crippen molar-refractivity contribution in [3.8, 4) is 0 Å². The summed E-state index contributed by atoms with van der Waals surface area (Å²) < 4.78 is 45.7. The molecular formula is C16H19F3N2O2. The summed E-state index contributed by atoms with van der Waals surface area (Å²) in [6.07, 6.45) is -4.47. The van der Waals surface area contributed by atoms with Gasteiger partial charge in [-0.25, -0.2) is 0 Å². The van der Waals surface area contributed by atoms with Crippen LogP contribution in [0.3, 0.4) is 0 Å². The molecule has 2 aliphatic rings. The Morgan fingerprint density at radius 3 is 2.39 bits per heavy atom. The molecule has 0 spiro atoms. The normalized spacial score (nSPS) is 18.8. The zero-order chi connectivity index (χ0) is 16.8. The molecule has 1 amide bonds. The summed E-state index contributed by atoms with van der Waals surface area (Å²) in [5, 5.41) is 0. The molecular weight excluding hydrogens is 309 g/mol. The van der Waals surface area contributed by atoms with E-state index in [1.807, 2.05) is 4.90 Å². The zero-order valence-corrected chi connectivity index (χ0v) is 13.1. The van der Waals surface area contributed by atoms with Gasteiger partial charge in [0.25, 0.3) is 5.91 Å². The number of anilines is 1. The highest BCUT2D eigenvalue weighted by Crippen LogP contribution is 2.40. The van der Waals surface area contributed by atoms with Gasteiger partial charge < -0.3 is 14.5 Å². The summed E-state index contributed by atoms with van der Waals surface area (Å²) in [5.74, 6) is -0.324. The number of nitrogens with zero attached hydrogens (tertiary/aromatic N) is 2. The predicted molar refractivity (Wildman–Crippen MR) is 79.5 cm³/mol. The highest BCUT2D eigenvalue weighted by molar-refractivity contribution is 6.00. The second-order valence-electron chi connectivity index (χ2n) is 6.14. The summed E-state index contributed by atoms with van der Waals surface area (Å²) in [5.41, 5.74) is 0.00884. The minimum Gasteiger partial charge on any atom is -0.378 e. The van der Waals surface area contributed by atoms with Gasteiger partial charge in [0.1, 0.15) is 0 Å². The Balaban J connectivity index is 2.08. The van der Waals surface area contributed by atoms with Crippen LogP contribution in [-0.4, -0.2) is 43.2 Å². The molecule has 0 aromatic heterocycles. The van der Waals surface area contributed by atoms with Gasteiger partial charge in [0.15, 0.2) is 0 Å². The first kappa shape index (κ1) is 16.1. The van der Waals surface area contributed by atoms with Crippen molar-refractivity contribution in [1.29, 1.82) is 0 Å². The number of morpholine rings is 1. The highest BCUT2D eigenvalue weighted by atomic mass is 19.4. The summed E-state index contributed by atoms with van der Waals surface area (Å²) >= 11 is 0. The lowest BCUT2D eigenvalue weighted by Gasteiger charge is -2.29. The second-order valence-corrected chi connectivity index (χ2v) is 6.14. The third-order valence-electron chi connectivity index (χ3n) is 4.36. The first-order valence-electron chi connectivity index (χ1n) is 7.67. The van der Waals surface area contributed by atoms with Gasteiger partial charge >= 0.3 is 6.18 Å². The van der Waals surface area contributed by atoms with E-state index in [0.29, 0.717) is 32.0 Å². The van der Waals surface area contributed by atoms with Crippen LogP contribution in [0.1, 0.15) is 35.3 Å². The molecule has 0 bridgehead atoms. The van der Waals surface area contributed by atoms with Crippen LogP contribution in [0.2, 0.25) is 0 Å². The molecule has 0 aliphatic carbocycles. The summed E-state index contributed by atoms with van der Waals surface area (Å²) in [6.45, 7) is 5.63. The molecule has 23 heavy (non-hydrogen) atoms. The Labute approximate surface area is 132 Å². The van der Waals surface area contributed by atoms with Crippen LogP contribution in [0.4, 0.5) is 18.9 Å². The van der Waals surface area contributed by atoms with Crippen LogP contribution in [0.5, 0.6) is 0 Å². The van der Waals surface area contributed by atoms with Gasteiger partial charge in [-0.3, -0.25) is 4.79 Å². The van der Waals surface area contributed by atoms with Gasteiger partial charge in [-0.05, 0) is 31.5 Å². The molecule has 2 heterocycles. The fraction of sp³-hybridized carbons (Fsp3) is 0.562. The average molecular weight is 328 g/mol. The Morgan fingerprint density at radius 1 is 1.17 bits per heavy atom. The monoisotopic (exact) mass is 328 g/mol. The van der Waals surface area contributed by atoms with Crippen LogP contribution < -0.4 is 4.90 Å². The molecule has 1 saturated heterocycles. The quantitative estimate of drug-likeness (QED) is 0.837. The molecule has 7 heteroatoms.